The van der Waals surface area contributed by atoms with Gasteiger partial charge in [0.05, 0.1) is 0 Å². The molecular formula is C16H34N2. The van der Waals surface area contributed by atoms with Crippen molar-refractivity contribution in [3.05, 3.63) is 0 Å². The van der Waals surface area contributed by atoms with E-state index in [9.17, 15) is 0 Å². The molecule has 0 aromatic rings. The van der Waals surface area contributed by atoms with E-state index in [1.807, 2.05) is 0 Å². The van der Waals surface area contributed by atoms with Crippen LogP contribution in [-0.4, -0.2) is 36.6 Å². The van der Waals surface area contributed by atoms with Crippen LogP contribution in [0.3, 0.4) is 0 Å². The Labute approximate surface area is 115 Å². The van der Waals surface area contributed by atoms with E-state index in [-0.39, 0.29) is 0 Å². The van der Waals surface area contributed by atoms with Crippen molar-refractivity contribution in [3.8, 4) is 0 Å². The van der Waals surface area contributed by atoms with Gasteiger partial charge in [0.2, 0.25) is 0 Å². The molecule has 0 bridgehead atoms. The van der Waals surface area contributed by atoms with Crippen LogP contribution in [0.1, 0.15) is 66.2 Å². The van der Waals surface area contributed by atoms with Crippen molar-refractivity contribution in [1.29, 1.82) is 0 Å². The Hall–Kier alpha value is -0.0800. The Kier molecular flexibility index (Phi) is 7.92. The number of hydrogen-bond donors (Lipinski definition) is 1. The second-order valence-electron chi connectivity index (χ2n) is 6.26. The highest BCUT2D eigenvalue weighted by molar-refractivity contribution is 4.83. The van der Waals surface area contributed by atoms with Crippen molar-refractivity contribution in [2.45, 2.75) is 78.3 Å². The molecule has 0 spiro atoms. The summed E-state index contributed by atoms with van der Waals surface area (Å²) in [7, 11) is 0. The summed E-state index contributed by atoms with van der Waals surface area (Å²) in [4.78, 5) is 2.78. The molecular weight excluding hydrogens is 220 g/mol. The SMILES string of the molecule is CCCC(CNCC(C)C)N(CC)C1CCCC1. The van der Waals surface area contributed by atoms with Gasteiger partial charge in [-0.3, -0.25) is 4.90 Å². The van der Waals surface area contributed by atoms with E-state index in [1.54, 1.807) is 0 Å². The quantitative estimate of drug-likeness (QED) is 0.675. The first-order chi connectivity index (χ1) is 8.69. The van der Waals surface area contributed by atoms with E-state index < -0.39 is 0 Å². The predicted octanol–water partition coefficient (Wildman–Crippen LogP) is 3.67. The minimum atomic E-state index is 0.752. The van der Waals surface area contributed by atoms with Crippen LogP contribution in [0, 0.1) is 5.92 Å². The van der Waals surface area contributed by atoms with Crippen LogP contribution >= 0.6 is 0 Å². The summed E-state index contributed by atoms with van der Waals surface area (Å²) in [5.41, 5.74) is 0. The second kappa shape index (κ2) is 8.92. The topological polar surface area (TPSA) is 15.3 Å². The summed E-state index contributed by atoms with van der Waals surface area (Å²) in [6.45, 7) is 12.8. The zero-order valence-electron chi connectivity index (χ0n) is 13.0. The second-order valence-corrected chi connectivity index (χ2v) is 6.26. The number of rotatable bonds is 9. The lowest BCUT2D eigenvalue weighted by Gasteiger charge is -2.36. The molecule has 0 amide bonds. The van der Waals surface area contributed by atoms with Crippen molar-refractivity contribution in [2.75, 3.05) is 19.6 Å². The predicted molar refractivity (Wildman–Crippen MR) is 81.0 cm³/mol. The van der Waals surface area contributed by atoms with Crippen molar-refractivity contribution in [1.82, 2.24) is 10.2 Å². The fourth-order valence-corrected chi connectivity index (χ4v) is 3.31. The highest BCUT2D eigenvalue weighted by Gasteiger charge is 2.26. The van der Waals surface area contributed by atoms with Crippen LogP contribution in [-0.2, 0) is 0 Å². The zero-order chi connectivity index (χ0) is 13.4. The van der Waals surface area contributed by atoms with Crippen molar-refractivity contribution in [3.63, 3.8) is 0 Å². The fraction of sp³-hybridized carbons (Fsp3) is 1.00. The third-order valence-corrected chi connectivity index (χ3v) is 4.18. The first-order valence-electron chi connectivity index (χ1n) is 8.15. The molecule has 0 aromatic heterocycles. The lowest BCUT2D eigenvalue weighted by atomic mass is 10.1. The maximum atomic E-state index is 3.67. The minimum Gasteiger partial charge on any atom is -0.315 e. The van der Waals surface area contributed by atoms with Gasteiger partial charge in [-0.2, -0.15) is 0 Å². The Morgan fingerprint density at radius 1 is 1.11 bits per heavy atom. The standard InChI is InChI=1S/C16H34N2/c1-5-9-16(13-17-12-14(3)4)18(6-2)15-10-7-8-11-15/h14-17H,5-13H2,1-4H3. The van der Waals surface area contributed by atoms with Gasteiger partial charge < -0.3 is 5.32 Å². The van der Waals surface area contributed by atoms with Crippen LogP contribution in [0.5, 0.6) is 0 Å². The molecule has 0 heterocycles. The third-order valence-electron chi connectivity index (χ3n) is 4.18. The first kappa shape index (κ1) is 16.0. The molecule has 0 saturated heterocycles. The molecule has 1 N–H and O–H groups in total. The molecule has 18 heavy (non-hydrogen) atoms. The summed E-state index contributed by atoms with van der Waals surface area (Å²) >= 11 is 0. The van der Waals surface area contributed by atoms with E-state index in [4.69, 9.17) is 0 Å². The average Bonchev–Trinajstić information content (AvgIpc) is 2.83. The van der Waals surface area contributed by atoms with Gasteiger partial charge in [0, 0.05) is 18.6 Å². The molecule has 1 unspecified atom stereocenters. The zero-order valence-corrected chi connectivity index (χ0v) is 13.0. The number of nitrogens with one attached hydrogen (secondary N) is 1. The lowest BCUT2D eigenvalue weighted by molar-refractivity contribution is 0.132. The number of hydrogen-bond acceptors (Lipinski definition) is 2. The molecule has 1 rings (SSSR count). The van der Waals surface area contributed by atoms with Gasteiger partial charge in [0.15, 0.2) is 0 Å². The molecule has 2 heteroatoms. The van der Waals surface area contributed by atoms with Crippen LogP contribution in [0.2, 0.25) is 0 Å². The van der Waals surface area contributed by atoms with E-state index >= 15 is 0 Å². The summed E-state index contributed by atoms with van der Waals surface area (Å²) in [5.74, 6) is 0.758. The number of likely N-dealkylation sites (N-methyl/N-ethyl adjacent to an activating group) is 1. The maximum Gasteiger partial charge on any atom is 0.0223 e. The Morgan fingerprint density at radius 3 is 2.28 bits per heavy atom. The molecule has 2 nitrogen and oxygen atoms in total. The molecule has 0 aliphatic heterocycles. The summed E-state index contributed by atoms with van der Waals surface area (Å²) < 4.78 is 0. The Morgan fingerprint density at radius 2 is 1.78 bits per heavy atom. The third kappa shape index (κ3) is 5.27. The first-order valence-corrected chi connectivity index (χ1v) is 8.15. The van der Waals surface area contributed by atoms with E-state index in [1.165, 1.54) is 51.6 Å². The van der Waals surface area contributed by atoms with Gasteiger partial charge in [0.1, 0.15) is 0 Å². The summed E-state index contributed by atoms with van der Waals surface area (Å²) in [6, 6.07) is 1.62. The molecule has 108 valence electrons. The molecule has 1 atom stereocenters. The normalized spacial score (nSPS) is 19.0. The molecule has 1 aliphatic carbocycles. The summed E-state index contributed by atoms with van der Waals surface area (Å²) in [6.07, 6.45) is 8.39. The van der Waals surface area contributed by atoms with Crippen molar-refractivity contribution >= 4 is 0 Å². The van der Waals surface area contributed by atoms with Crippen LogP contribution in [0.25, 0.3) is 0 Å². The highest BCUT2D eigenvalue weighted by Crippen LogP contribution is 2.26. The molecule has 1 saturated carbocycles. The van der Waals surface area contributed by atoms with Gasteiger partial charge in [-0.05, 0) is 38.3 Å². The molecule has 1 fully saturated rings. The lowest BCUT2D eigenvalue weighted by Crippen LogP contribution is -2.47. The Balaban J connectivity index is 2.45. The van der Waals surface area contributed by atoms with Crippen molar-refractivity contribution < 1.29 is 0 Å². The number of nitrogens with zero attached hydrogens (tertiary/aromatic N) is 1. The molecule has 0 aromatic carbocycles. The monoisotopic (exact) mass is 254 g/mol. The van der Waals surface area contributed by atoms with E-state index in [0.29, 0.717) is 0 Å². The van der Waals surface area contributed by atoms with Crippen LogP contribution in [0.4, 0.5) is 0 Å². The van der Waals surface area contributed by atoms with Crippen molar-refractivity contribution in [2.24, 2.45) is 5.92 Å². The van der Waals surface area contributed by atoms with E-state index in [2.05, 4.69) is 37.9 Å². The van der Waals surface area contributed by atoms with E-state index in [0.717, 1.165) is 24.5 Å². The molecule has 1 aliphatic rings. The highest BCUT2D eigenvalue weighted by atomic mass is 15.2. The molecule has 0 radical (unpaired) electrons. The van der Waals surface area contributed by atoms with Crippen LogP contribution < -0.4 is 5.32 Å². The maximum absolute atomic E-state index is 3.67. The van der Waals surface area contributed by atoms with Gasteiger partial charge in [-0.15, -0.1) is 0 Å². The fourth-order valence-electron chi connectivity index (χ4n) is 3.31. The summed E-state index contributed by atoms with van der Waals surface area (Å²) in [5, 5.41) is 3.67. The van der Waals surface area contributed by atoms with Gasteiger partial charge >= 0.3 is 0 Å². The smallest absolute Gasteiger partial charge is 0.0223 e. The van der Waals surface area contributed by atoms with Gasteiger partial charge in [-0.1, -0.05) is 47.0 Å². The van der Waals surface area contributed by atoms with Gasteiger partial charge in [0.25, 0.3) is 0 Å². The largest absolute Gasteiger partial charge is 0.315 e. The van der Waals surface area contributed by atoms with Crippen LogP contribution in [0.15, 0.2) is 0 Å². The minimum absolute atomic E-state index is 0.752. The van der Waals surface area contributed by atoms with Gasteiger partial charge in [-0.25, -0.2) is 0 Å². The Bertz CT molecular complexity index is 197. The average molecular weight is 254 g/mol.